The number of likely N-dealkylation sites (N-methyl/N-ethyl adjacent to an activating group) is 1. The summed E-state index contributed by atoms with van der Waals surface area (Å²) >= 11 is 0. The molecule has 1 atom stereocenters. The third kappa shape index (κ3) is 3.82. The maximum atomic E-state index is 9.85. The van der Waals surface area contributed by atoms with E-state index in [0.29, 0.717) is 12.0 Å². The minimum absolute atomic E-state index is 0.502. The molecule has 108 valence electrons. The topological polar surface area (TPSA) is 39.1 Å². The van der Waals surface area contributed by atoms with E-state index in [4.69, 9.17) is 0 Å². The molecule has 1 N–H and O–H groups in total. The lowest BCUT2D eigenvalue weighted by atomic mass is 9.90. The zero-order valence-electron chi connectivity index (χ0n) is 12.8. The second kappa shape index (κ2) is 6.39. The lowest BCUT2D eigenvalue weighted by Gasteiger charge is -2.33. The molecule has 2 rings (SSSR count). The summed E-state index contributed by atoms with van der Waals surface area (Å²) in [4.78, 5) is 2.26. The van der Waals surface area contributed by atoms with E-state index in [-0.39, 0.29) is 0 Å². The minimum Gasteiger partial charge on any atom is -0.303 e. The second-order valence-electron chi connectivity index (χ2n) is 6.39. The normalized spacial score (nSPS) is 18.0. The predicted molar refractivity (Wildman–Crippen MR) is 82.2 cm³/mol. The van der Waals surface area contributed by atoms with Crippen LogP contribution in [0.4, 0.5) is 0 Å². The van der Waals surface area contributed by atoms with Crippen molar-refractivity contribution in [3.8, 4) is 6.07 Å². The minimum atomic E-state index is -0.591. The average molecular weight is 271 g/mol. The van der Waals surface area contributed by atoms with Gasteiger partial charge in [0.2, 0.25) is 0 Å². The van der Waals surface area contributed by atoms with Crippen LogP contribution in [0, 0.1) is 17.2 Å². The summed E-state index contributed by atoms with van der Waals surface area (Å²) in [5.41, 5.74) is 0.483. The van der Waals surface area contributed by atoms with Gasteiger partial charge < -0.3 is 4.90 Å². The number of hydrogen-bond donors (Lipinski definition) is 1. The molecule has 1 aliphatic rings. The van der Waals surface area contributed by atoms with Crippen molar-refractivity contribution in [2.75, 3.05) is 20.1 Å². The van der Waals surface area contributed by atoms with Gasteiger partial charge in [-0.25, -0.2) is 0 Å². The first-order valence-corrected chi connectivity index (χ1v) is 7.49. The Bertz CT molecular complexity index is 459. The molecule has 0 heterocycles. The quantitative estimate of drug-likeness (QED) is 0.829. The molecule has 1 unspecified atom stereocenters. The molecule has 3 nitrogen and oxygen atoms in total. The third-order valence-corrected chi connectivity index (χ3v) is 3.67. The van der Waals surface area contributed by atoms with Crippen molar-refractivity contribution in [3.05, 3.63) is 35.9 Å². The summed E-state index contributed by atoms with van der Waals surface area (Å²) in [5, 5.41) is 13.4. The zero-order chi connectivity index (χ0) is 14.6. The van der Waals surface area contributed by atoms with Gasteiger partial charge in [0, 0.05) is 19.1 Å². The summed E-state index contributed by atoms with van der Waals surface area (Å²) in [6.07, 6.45) is 2.37. The van der Waals surface area contributed by atoms with E-state index in [1.54, 1.807) is 0 Å². The van der Waals surface area contributed by atoms with Gasteiger partial charge in [0.05, 0.1) is 6.07 Å². The van der Waals surface area contributed by atoms with Gasteiger partial charge in [-0.15, -0.1) is 0 Å². The Kier molecular flexibility index (Phi) is 4.80. The Labute approximate surface area is 122 Å². The van der Waals surface area contributed by atoms with Crippen LogP contribution in [-0.2, 0) is 5.54 Å². The Morgan fingerprint density at radius 2 is 2.00 bits per heavy atom. The first-order valence-electron chi connectivity index (χ1n) is 7.49. The Morgan fingerprint density at radius 1 is 1.35 bits per heavy atom. The first-order chi connectivity index (χ1) is 9.55. The van der Waals surface area contributed by atoms with E-state index in [0.717, 1.165) is 18.7 Å². The number of nitrogens with zero attached hydrogens (tertiary/aromatic N) is 2. The van der Waals surface area contributed by atoms with Crippen molar-refractivity contribution in [1.29, 1.82) is 5.26 Å². The number of hydrogen-bond acceptors (Lipinski definition) is 3. The van der Waals surface area contributed by atoms with E-state index in [1.165, 1.54) is 12.8 Å². The number of nitrogens with one attached hydrogen (secondary N) is 1. The molecular formula is C17H25N3. The molecule has 0 aromatic heterocycles. The Hall–Kier alpha value is -1.37. The van der Waals surface area contributed by atoms with Gasteiger partial charge in [0.15, 0.2) is 0 Å². The van der Waals surface area contributed by atoms with Crippen LogP contribution in [0.15, 0.2) is 30.3 Å². The zero-order valence-corrected chi connectivity index (χ0v) is 12.8. The molecule has 0 spiro atoms. The highest BCUT2D eigenvalue weighted by molar-refractivity contribution is 5.32. The van der Waals surface area contributed by atoms with Crippen LogP contribution in [0.5, 0.6) is 0 Å². The first kappa shape index (κ1) is 15.0. The van der Waals surface area contributed by atoms with Crippen molar-refractivity contribution < 1.29 is 0 Å². The molecule has 20 heavy (non-hydrogen) atoms. The van der Waals surface area contributed by atoms with Crippen LogP contribution in [0.3, 0.4) is 0 Å². The largest absolute Gasteiger partial charge is 0.303 e. The fourth-order valence-corrected chi connectivity index (χ4v) is 2.74. The number of benzene rings is 1. The highest BCUT2D eigenvalue weighted by Crippen LogP contribution is 2.29. The van der Waals surface area contributed by atoms with Crippen LogP contribution in [0.1, 0.15) is 32.3 Å². The molecule has 0 saturated heterocycles. The van der Waals surface area contributed by atoms with E-state index < -0.39 is 5.54 Å². The second-order valence-corrected chi connectivity index (χ2v) is 6.39. The molecule has 1 aromatic rings. The highest BCUT2D eigenvalue weighted by Gasteiger charge is 2.38. The molecule has 1 fully saturated rings. The van der Waals surface area contributed by atoms with Gasteiger partial charge in [-0.3, -0.25) is 5.32 Å². The number of rotatable bonds is 7. The van der Waals surface area contributed by atoms with Crippen LogP contribution in [-0.4, -0.2) is 31.1 Å². The molecule has 3 heteroatoms. The number of nitriles is 1. The lowest BCUT2D eigenvalue weighted by Crippen LogP contribution is -2.50. The SMILES string of the molecule is CC(C)CN(C)CC(C#N)(NC1CC1)c1ccccc1. The summed E-state index contributed by atoms with van der Waals surface area (Å²) in [5.74, 6) is 0.605. The van der Waals surface area contributed by atoms with E-state index >= 15 is 0 Å². The van der Waals surface area contributed by atoms with Gasteiger partial charge in [0.25, 0.3) is 0 Å². The fourth-order valence-electron chi connectivity index (χ4n) is 2.74. The van der Waals surface area contributed by atoms with Crippen molar-refractivity contribution in [2.24, 2.45) is 5.92 Å². The standard InChI is InChI=1S/C17H25N3/c1-14(2)11-20(3)13-17(12-18,19-16-9-10-16)15-7-5-4-6-8-15/h4-8,14,16,19H,9-11,13H2,1-3H3. The van der Waals surface area contributed by atoms with Crippen LogP contribution >= 0.6 is 0 Å². The van der Waals surface area contributed by atoms with Gasteiger partial charge in [-0.05, 0) is 31.4 Å². The maximum Gasteiger partial charge on any atom is 0.145 e. The lowest BCUT2D eigenvalue weighted by molar-refractivity contribution is 0.227. The van der Waals surface area contributed by atoms with Gasteiger partial charge in [0.1, 0.15) is 5.54 Å². The van der Waals surface area contributed by atoms with E-state index in [2.05, 4.69) is 49.3 Å². The Balaban J connectivity index is 2.21. The fraction of sp³-hybridized carbons (Fsp3) is 0.588. The summed E-state index contributed by atoms with van der Waals surface area (Å²) in [7, 11) is 2.10. The molecule has 0 aliphatic heterocycles. The summed E-state index contributed by atoms with van der Waals surface area (Å²) in [6, 6.07) is 13.2. The van der Waals surface area contributed by atoms with Gasteiger partial charge in [-0.2, -0.15) is 5.26 Å². The smallest absolute Gasteiger partial charge is 0.145 e. The van der Waals surface area contributed by atoms with Gasteiger partial charge >= 0.3 is 0 Å². The molecule has 0 radical (unpaired) electrons. The van der Waals surface area contributed by atoms with Crippen LogP contribution < -0.4 is 5.32 Å². The van der Waals surface area contributed by atoms with E-state index in [1.807, 2.05) is 18.2 Å². The maximum absolute atomic E-state index is 9.85. The monoisotopic (exact) mass is 271 g/mol. The van der Waals surface area contributed by atoms with E-state index in [9.17, 15) is 5.26 Å². The summed E-state index contributed by atoms with van der Waals surface area (Å²) in [6.45, 7) is 6.15. The van der Waals surface area contributed by atoms with Crippen LogP contribution in [0.25, 0.3) is 0 Å². The Morgan fingerprint density at radius 3 is 2.50 bits per heavy atom. The molecular weight excluding hydrogens is 246 g/mol. The van der Waals surface area contributed by atoms with Crippen molar-refractivity contribution in [2.45, 2.75) is 38.3 Å². The van der Waals surface area contributed by atoms with Crippen molar-refractivity contribution >= 4 is 0 Å². The molecule has 0 bridgehead atoms. The predicted octanol–water partition coefficient (Wildman–Crippen LogP) is 2.75. The molecule has 1 aromatic carbocycles. The molecule has 1 aliphatic carbocycles. The van der Waals surface area contributed by atoms with Crippen molar-refractivity contribution in [1.82, 2.24) is 10.2 Å². The summed E-state index contributed by atoms with van der Waals surface area (Å²) < 4.78 is 0. The van der Waals surface area contributed by atoms with Crippen LogP contribution in [0.2, 0.25) is 0 Å². The van der Waals surface area contributed by atoms with Gasteiger partial charge in [-0.1, -0.05) is 44.2 Å². The third-order valence-electron chi connectivity index (χ3n) is 3.67. The highest BCUT2D eigenvalue weighted by atomic mass is 15.2. The average Bonchev–Trinajstić information content (AvgIpc) is 3.22. The molecule has 1 saturated carbocycles. The molecule has 0 amide bonds. The van der Waals surface area contributed by atoms with Crippen molar-refractivity contribution in [3.63, 3.8) is 0 Å².